The lowest BCUT2D eigenvalue weighted by Crippen LogP contribution is -3.00. The van der Waals surface area contributed by atoms with Gasteiger partial charge in [-0.3, -0.25) is 4.79 Å². The van der Waals surface area contributed by atoms with Crippen molar-refractivity contribution in [2.75, 3.05) is 0 Å². The summed E-state index contributed by atoms with van der Waals surface area (Å²) in [7, 11) is -3.96. The molecule has 2 aromatic carbocycles. The van der Waals surface area contributed by atoms with Crippen LogP contribution in [0.5, 0.6) is 0 Å². The van der Waals surface area contributed by atoms with Crippen LogP contribution in [0.3, 0.4) is 0 Å². The number of carbonyl (C=O) groups is 1. The largest absolute Gasteiger partial charge is 1.00 e. The van der Waals surface area contributed by atoms with Crippen LogP contribution in [0.2, 0.25) is 0 Å². The molecule has 21 heavy (non-hydrogen) atoms. The topological polar surface area (TPSA) is 91.4 Å². The molecule has 0 aliphatic heterocycles. The highest BCUT2D eigenvalue weighted by atomic mass is 35.5. The van der Waals surface area contributed by atoms with Crippen molar-refractivity contribution in [3.63, 3.8) is 0 Å². The van der Waals surface area contributed by atoms with Crippen LogP contribution >= 0.6 is 0 Å². The Morgan fingerprint density at radius 1 is 1.00 bits per heavy atom. The summed E-state index contributed by atoms with van der Waals surface area (Å²) in [4.78, 5) is 14.6. The predicted molar refractivity (Wildman–Crippen MR) is 72.3 cm³/mol. The Morgan fingerprint density at radius 2 is 1.57 bits per heavy atom. The molecular weight excluding hydrogens is 314 g/mol. The van der Waals surface area contributed by atoms with E-state index in [1.54, 1.807) is 18.2 Å². The molecule has 0 aliphatic carbocycles. The third kappa shape index (κ3) is 4.02. The third-order valence-electron chi connectivity index (χ3n) is 2.53. The number of carbonyl (C=O) groups excluding carboxylic acids is 1. The van der Waals surface area contributed by atoms with E-state index in [0.29, 0.717) is 0 Å². The molecule has 8 heteroatoms. The first-order valence-corrected chi connectivity index (χ1v) is 7.08. The number of diazo groups is 1. The minimum absolute atomic E-state index is 0. The van der Waals surface area contributed by atoms with Crippen LogP contribution < -0.4 is 17.1 Å². The van der Waals surface area contributed by atoms with Gasteiger partial charge in [-0.05, 0) is 24.3 Å². The van der Waals surface area contributed by atoms with Crippen LogP contribution in [0.1, 0.15) is 10.4 Å². The van der Waals surface area contributed by atoms with Gasteiger partial charge in [0.25, 0.3) is 15.9 Å². The maximum atomic E-state index is 12.0. The van der Waals surface area contributed by atoms with E-state index < -0.39 is 15.9 Å². The van der Waals surface area contributed by atoms with Gasteiger partial charge in [0, 0.05) is 17.7 Å². The summed E-state index contributed by atoms with van der Waals surface area (Å²) in [6, 6.07) is 13.2. The zero-order chi connectivity index (χ0) is 14.6. The zero-order valence-corrected chi connectivity index (χ0v) is 12.2. The lowest BCUT2D eigenvalue weighted by molar-refractivity contribution is -0.0000155. The van der Waals surface area contributed by atoms with Crippen LogP contribution in [-0.4, -0.2) is 14.3 Å². The molecule has 0 radical (unpaired) electrons. The standard InChI is InChI=1S/C13H9N3O3S.ClH/c14-15-11-6-8-12(9-7-11)20(18,19)16-13(17)10-4-2-1-3-5-10;/h1-9H;1H. The molecule has 108 valence electrons. The van der Waals surface area contributed by atoms with Crippen LogP contribution in [0.4, 0.5) is 5.69 Å². The Kier molecular flexibility index (Phi) is 5.41. The lowest BCUT2D eigenvalue weighted by atomic mass is 10.2. The molecule has 0 spiro atoms. The second-order valence-corrected chi connectivity index (χ2v) is 5.58. The van der Waals surface area contributed by atoms with Gasteiger partial charge in [0.15, 0.2) is 4.98 Å². The van der Waals surface area contributed by atoms with Gasteiger partial charge in [0.2, 0.25) is 5.39 Å². The molecule has 2 rings (SSSR count). The van der Waals surface area contributed by atoms with Gasteiger partial charge in [0.1, 0.15) is 0 Å². The van der Waals surface area contributed by atoms with Crippen molar-refractivity contribution >= 4 is 21.6 Å². The van der Waals surface area contributed by atoms with Crippen molar-refractivity contribution in [2.24, 2.45) is 0 Å². The maximum absolute atomic E-state index is 12.0. The summed E-state index contributed by atoms with van der Waals surface area (Å²) in [5.74, 6) is -0.707. The van der Waals surface area contributed by atoms with Gasteiger partial charge in [-0.25, -0.2) is 13.1 Å². The summed E-state index contributed by atoms with van der Waals surface area (Å²) in [5.41, 5.74) is 0.469. The first-order chi connectivity index (χ1) is 9.53. The second-order valence-electron chi connectivity index (χ2n) is 3.89. The van der Waals surface area contributed by atoms with Gasteiger partial charge >= 0.3 is 5.69 Å². The number of nitrogens with one attached hydrogen (secondary N) is 1. The molecule has 2 aromatic rings. The highest BCUT2D eigenvalue weighted by Gasteiger charge is 2.19. The summed E-state index contributed by atoms with van der Waals surface area (Å²) in [6.07, 6.45) is 0. The van der Waals surface area contributed by atoms with Crippen molar-refractivity contribution < 1.29 is 25.6 Å². The van der Waals surface area contributed by atoms with E-state index in [-0.39, 0.29) is 28.6 Å². The van der Waals surface area contributed by atoms with Crippen LogP contribution in [-0.2, 0) is 10.0 Å². The summed E-state index contributed by atoms with van der Waals surface area (Å²) in [5, 5.41) is 8.53. The predicted octanol–water partition coefficient (Wildman–Crippen LogP) is -0.706. The summed E-state index contributed by atoms with van der Waals surface area (Å²) < 4.78 is 25.9. The van der Waals surface area contributed by atoms with E-state index in [9.17, 15) is 13.2 Å². The molecule has 0 saturated carbocycles. The Bertz CT molecular complexity index is 769. The van der Waals surface area contributed by atoms with Crippen molar-refractivity contribution in [3.8, 4) is 0 Å². The first-order valence-electron chi connectivity index (χ1n) is 5.60. The van der Waals surface area contributed by atoms with E-state index in [1.165, 1.54) is 36.4 Å². The minimum Gasteiger partial charge on any atom is -1.00 e. The van der Waals surface area contributed by atoms with E-state index in [0.717, 1.165) is 0 Å². The Balaban J connectivity index is 0.00000220. The van der Waals surface area contributed by atoms with Crippen molar-refractivity contribution in [1.82, 2.24) is 4.72 Å². The minimum atomic E-state index is -3.96. The number of rotatable bonds is 3. The fraction of sp³-hybridized carbons (Fsp3) is 0. The molecule has 0 saturated heterocycles. The molecule has 6 nitrogen and oxygen atoms in total. The third-order valence-corrected chi connectivity index (χ3v) is 3.87. The maximum Gasteiger partial charge on any atom is 0.385 e. The van der Waals surface area contributed by atoms with Gasteiger partial charge in [-0.15, -0.1) is 0 Å². The van der Waals surface area contributed by atoms with Crippen molar-refractivity contribution in [1.29, 1.82) is 5.39 Å². The number of benzene rings is 2. The Morgan fingerprint density at radius 3 is 2.10 bits per heavy atom. The number of halogens is 1. The van der Waals surface area contributed by atoms with Crippen molar-refractivity contribution in [3.05, 3.63) is 65.1 Å². The van der Waals surface area contributed by atoms with Crippen LogP contribution in [0.15, 0.2) is 59.5 Å². The van der Waals surface area contributed by atoms with Gasteiger partial charge in [0.05, 0.1) is 4.90 Å². The van der Waals surface area contributed by atoms with E-state index in [4.69, 9.17) is 5.39 Å². The van der Waals surface area contributed by atoms with Crippen molar-refractivity contribution in [2.45, 2.75) is 4.90 Å². The van der Waals surface area contributed by atoms with E-state index in [1.807, 2.05) is 4.72 Å². The molecule has 0 unspecified atom stereocenters. The number of sulfonamides is 1. The summed E-state index contributed by atoms with van der Waals surface area (Å²) >= 11 is 0. The lowest BCUT2D eigenvalue weighted by Gasteiger charge is -2.06. The number of hydrogen-bond donors (Lipinski definition) is 1. The average molecular weight is 324 g/mol. The van der Waals surface area contributed by atoms with Gasteiger partial charge < -0.3 is 12.4 Å². The average Bonchev–Trinajstić information content (AvgIpc) is 2.48. The zero-order valence-electron chi connectivity index (χ0n) is 10.6. The van der Waals surface area contributed by atoms with E-state index in [2.05, 4.69) is 4.98 Å². The molecule has 1 amide bonds. The van der Waals surface area contributed by atoms with Crippen LogP contribution in [0, 0.1) is 5.39 Å². The highest BCUT2D eigenvalue weighted by molar-refractivity contribution is 7.90. The fourth-order valence-corrected chi connectivity index (χ4v) is 2.50. The van der Waals surface area contributed by atoms with Gasteiger partial charge in [-0.1, -0.05) is 18.2 Å². The fourth-order valence-electron chi connectivity index (χ4n) is 1.52. The Labute approximate surface area is 127 Å². The highest BCUT2D eigenvalue weighted by Crippen LogP contribution is 2.16. The number of amides is 1. The normalized spacial score (nSPS) is 10.0. The summed E-state index contributed by atoms with van der Waals surface area (Å²) in [6.45, 7) is 0. The molecule has 0 aliphatic rings. The quantitative estimate of drug-likeness (QED) is 0.756. The molecule has 0 fully saturated rings. The molecule has 0 atom stereocenters. The first kappa shape index (κ1) is 16.6. The molecule has 0 aromatic heterocycles. The van der Waals surface area contributed by atoms with Crippen LogP contribution in [0.25, 0.3) is 4.98 Å². The SMILES string of the molecule is N#[N+]c1ccc(S(=O)(=O)NC(=O)c2ccccc2)cc1.[Cl-]. The second kappa shape index (κ2) is 6.83. The number of nitrogens with zero attached hydrogens (tertiary/aromatic N) is 2. The smallest absolute Gasteiger partial charge is 0.385 e. The Hall–Kier alpha value is -2.43. The molecule has 0 bridgehead atoms. The molecule has 0 heterocycles. The monoisotopic (exact) mass is 323 g/mol. The van der Waals surface area contributed by atoms with Gasteiger partial charge in [-0.2, -0.15) is 0 Å². The van der Waals surface area contributed by atoms with E-state index >= 15 is 0 Å². The molecular formula is C13H10ClN3O3S. The number of hydrogen-bond acceptors (Lipinski definition) is 4. The molecule has 1 N–H and O–H groups in total.